The van der Waals surface area contributed by atoms with Crippen molar-refractivity contribution in [3.05, 3.63) is 0 Å². The highest BCUT2D eigenvalue weighted by Gasteiger charge is 2.52. The first-order valence-corrected chi connectivity index (χ1v) is 5.00. The SMILES string of the molecule is COC1CCCC(O)(C(F)(F)Br)C1. The van der Waals surface area contributed by atoms with Crippen LogP contribution in [0.2, 0.25) is 0 Å². The van der Waals surface area contributed by atoms with Crippen LogP contribution in [0, 0.1) is 0 Å². The van der Waals surface area contributed by atoms with Crippen molar-refractivity contribution in [3.63, 3.8) is 0 Å². The van der Waals surface area contributed by atoms with Gasteiger partial charge in [0.05, 0.1) is 6.10 Å². The van der Waals surface area contributed by atoms with E-state index < -0.39 is 10.4 Å². The lowest BCUT2D eigenvalue weighted by Crippen LogP contribution is -2.49. The molecular weight excluding hydrogens is 246 g/mol. The first-order valence-electron chi connectivity index (χ1n) is 4.21. The van der Waals surface area contributed by atoms with Crippen molar-refractivity contribution in [2.45, 2.75) is 42.2 Å². The van der Waals surface area contributed by atoms with Crippen LogP contribution in [-0.2, 0) is 4.74 Å². The van der Waals surface area contributed by atoms with E-state index in [0.29, 0.717) is 6.42 Å². The number of alkyl halides is 3. The summed E-state index contributed by atoms with van der Waals surface area (Å²) in [6.45, 7) is 0. The maximum atomic E-state index is 12.9. The zero-order valence-electron chi connectivity index (χ0n) is 7.40. The van der Waals surface area contributed by atoms with Gasteiger partial charge in [-0.05, 0) is 35.2 Å². The molecule has 0 spiro atoms. The van der Waals surface area contributed by atoms with E-state index in [2.05, 4.69) is 15.9 Å². The fraction of sp³-hybridized carbons (Fsp3) is 1.00. The fourth-order valence-corrected chi connectivity index (χ4v) is 2.02. The van der Waals surface area contributed by atoms with Crippen molar-refractivity contribution < 1.29 is 18.6 Å². The first kappa shape index (κ1) is 11.3. The van der Waals surface area contributed by atoms with Gasteiger partial charge in [0, 0.05) is 13.5 Å². The second-order valence-corrected chi connectivity index (χ2v) is 4.48. The summed E-state index contributed by atoms with van der Waals surface area (Å²) in [7, 11) is 1.47. The van der Waals surface area contributed by atoms with Gasteiger partial charge in [-0.25, -0.2) is 0 Å². The normalized spacial score (nSPS) is 36.2. The molecule has 0 amide bonds. The quantitative estimate of drug-likeness (QED) is 0.771. The molecule has 2 unspecified atom stereocenters. The van der Waals surface area contributed by atoms with E-state index in [4.69, 9.17) is 4.74 Å². The summed E-state index contributed by atoms with van der Waals surface area (Å²) < 4.78 is 30.8. The van der Waals surface area contributed by atoms with Gasteiger partial charge in [-0.15, -0.1) is 0 Å². The van der Waals surface area contributed by atoms with E-state index in [1.54, 1.807) is 0 Å². The van der Waals surface area contributed by atoms with Gasteiger partial charge in [-0.1, -0.05) is 0 Å². The predicted octanol–water partition coefficient (Wildman–Crippen LogP) is 2.29. The number of methoxy groups -OCH3 is 1. The molecular formula is C8H13BrF2O2. The Morgan fingerprint density at radius 1 is 1.62 bits per heavy atom. The number of halogens is 3. The second kappa shape index (κ2) is 3.79. The van der Waals surface area contributed by atoms with Crippen molar-refractivity contribution in [2.75, 3.05) is 7.11 Å². The van der Waals surface area contributed by atoms with E-state index in [0.717, 1.165) is 6.42 Å². The molecule has 0 heterocycles. The van der Waals surface area contributed by atoms with Crippen LogP contribution >= 0.6 is 15.9 Å². The molecule has 0 aromatic heterocycles. The molecule has 78 valence electrons. The van der Waals surface area contributed by atoms with Gasteiger partial charge < -0.3 is 9.84 Å². The molecule has 0 saturated heterocycles. The van der Waals surface area contributed by atoms with Crippen LogP contribution in [0.15, 0.2) is 0 Å². The smallest absolute Gasteiger partial charge is 0.329 e. The molecule has 0 radical (unpaired) electrons. The molecule has 0 aliphatic heterocycles. The maximum Gasteiger partial charge on any atom is 0.329 e. The lowest BCUT2D eigenvalue weighted by Gasteiger charge is -2.38. The van der Waals surface area contributed by atoms with Crippen LogP contribution in [0.4, 0.5) is 8.78 Å². The van der Waals surface area contributed by atoms with E-state index in [1.165, 1.54) is 7.11 Å². The molecule has 2 atom stereocenters. The highest BCUT2D eigenvalue weighted by molar-refractivity contribution is 9.10. The van der Waals surface area contributed by atoms with Gasteiger partial charge in [0.2, 0.25) is 0 Å². The zero-order valence-corrected chi connectivity index (χ0v) is 8.98. The van der Waals surface area contributed by atoms with Gasteiger partial charge in [-0.3, -0.25) is 0 Å². The van der Waals surface area contributed by atoms with Gasteiger partial charge in [0.1, 0.15) is 5.60 Å². The third kappa shape index (κ3) is 2.39. The Labute approximate surface area is 84.4 Å². The van der Waals surface area contributed by atoms with Crippen LogP contribution in [0.1, 0.15) is 25.7 Å². The molecule has 2 nitrogen and oxygen atoms in total. The minimum absolute atomic E-state index is 0.0122. The summed E-state index contributed by atoms with van der Waals surface area (Å²) in [4.78, 5) is -3.22. The lowest BCUT2D eigenvalue weighted by molar-refractivity contribution is -0.157. The number of hydrogen-bond acceptors (Lipinski definition) is 2. The standard InChI is InChI=1S/C8H13BrF2O2/c1-13-6-3-2-4-7(12,5-6)8(9,10)11/h6,12H,2-5H2,1H3. The molecule has 0 bridgehead atoms. The van der Waals surface area contributed by atoms with Crippen LogP contribution < -0.4 is 0 Å². The topological polar surface area (TPSA) is 29.5 Å². The average molecular weight is 259 g/mol. The number of aliphatic hydroxyl groups is 1. The van der Waals surface area contributed by atoms with Crippen LogP contribution in [0.25, 0.3) is 0 Å². The van der Waals surface area contributed by atoms with Gasteiger partial charge >= 0.3 is 4.83 Å². The van der Waals surface area contributed by atoms with Crippen LogP contribution in [0.5, 0.6) is 0 Å². The van der Waals surface area contributed by atoms with Gasteiger partial charge in [-0.2, -0.15) is 8.78 Å². The Bertz CT molecular complexity index is 183. The Balaban J connectivity index is 2.68. The van der Waals surface area contributed by atoms with Crippen molar-refractivity contribution in [2.24, 2.45) is 0 Å². The van der Waals surface area contributed by atoms with Crippen molar-refractivity contribution in [3.8, 4) is 0 Å². The number of hydrogen-bond donors (Lipinski definition) is 1. The Morgan fingerprint density at radius 3 is 2.69 bits per heavy atom. The summed E-state index contributed by atoms with van der Waals surface area (Å²) in [5.41, 5.74) is -1.95. The van der Waals surface area contributed by atoms with Crippen molar-refractivity contribution >= 4 is 15.9 Å². The first-order chi connectivity index (χ1) is 5.89. The summed E-state index contributed by atoms with van der Waals surface area (Å²) in [5, 5.41) is 9.63. The van der Waals surface area contributed by atoms with Crippen molar-refractivity contribution in [1.82, 2.24) is 0 Å². The minimum atomic E-state index is -3.22. The van der Waals surface area contributed by atoms with E-state index in [9.17, 15) is 13.9 Å². The molecule has 1 aliphatic carbocycles. The van der Waals surface area contributed by atoms with Gasteiger partial charge in [0.15, 0.2) is 0 Å². The third-order valence-electron chi connectivity index (χ3n) is 2.54. The third-order valence-corrected chi connectivity index (χ3v) is 3.28. The molecule has 1 saturated carbocycles. The zero-order chi connectivity index (χ0) is 10.1. The van der Waals surface area contributed by atoms with Crippen LogP contribution in [0.3, 0.4) is 0 Å². The average Bonchev–Trinajstić information content (AvgIpc) is 2.02. The Hall–Kier alpha value is 0.260. The molecule has 0 aromatic rings. The van der Waals surface area contributed by atoms with E-state index >= 15 is 0 Å². The molecule has 5 heteroatoms. The predicted molar refractivity (Wildman–Crippen MR) is 48.1 cm³/mol. The molecule has 1 aliphatic rings. The van der Waals surface area contributed by atoms with Crippen LogP contribution in [-0.4, -0.2) is 28.8 Å². The maximum absolute atomic E-state index is 12.9. The van der Waals surface area contributed by atoms with E-state index in [-0.39, 0.29) is 18.9 Å². The van der Waals surface area contributed by atoms with Gasteiger partial charge in [0.25, 0.3) is 0 Å². The molecule has 1 rings (SSSR count). The van der Waals surface area contributed by atoms with E-state index in [1.807, 2.05) is 0 Å². The fourth-order valence-electron chi connectivity index (χ4n) is 1.66. The largest absolute Gasteiger partial charge is 0.383 e. The monoisotopic (exact) mass is 258 g/mol. The highest BCUT2D eigenvalue weighted by Crippen LogP contribution is 2.44. The highest BCUT2D eigenvalue weighted by atomic mass is 79.9. The summed E-state index contributed by atoms with van der Waals surface area (Å²) in [6.07, 6.45) is 1.15. The number of rotatable bonds is 2. The Morgan fingerprint density at radius 2 is 2.23 bits per heavy atom. The molecule has 1 N–H and O–H groups in total. The summed E-state index contributed by atoms with van der Waals surface area (Å²) in [5.74, 6) is 0. The summed E-state index contributed by atoms with van der Waals surface area (Å²) >= 11 is 2.21. The Kier molecular flexibility index (Phi) is 3.30. The number of ether oxygens (including phenoxy) is 1. The molecule has 13 heavy (non-hydrogen) atoms. The minimum Gasteiger partial charge on any atom is -0.383 e. The van der Waals surface area contributed by atoms with Crippen molar-refractivity contribution in [1.29, 1.82) is 0 Å². The molecule has 0 aromatic carbocycles. The summed E-state index contributed by atoms with van der Waals surface area (Å²) in [6, 6.07) is 0. The lowest BCUT2D eigenvalue weighted by atomic mass is 9.83. The molecule has 1 fully saturated rings. The second-order valence-electron chi connectivity index (χ2n) is 3.48.